The fourth-order valence-corrected chi connectivity index (χ4v) is 2.88. The van der Waals surface area contributed by atoms with Gasteiger partial charge in [-0.05, 0) is 50.5 Å². The fourth-order valence-electron chi connectivity index (χ4n) is 2.88. The minimum Gasteiger partial charge on any atom is -0.491 e. The largest absolute Gasteiger partial charge is 0.491 e. The highest BCUT2D eigenvalue weighted by Gasteiger charge is 2.16. The normalized spacial score (nSPS) is 16.7. The Hall–Kier alpha value is -1.80. The van der Waals surface area contributed by atoms with Gasteiger partial charge in [-0.25, -0.2) is 4.99 Å². The summed E-state index contributed by atoms with van der Waals surface area (Å²) in [4.78, 5) is 4.45. The molecule has 0 aliphatic carbocycles. The molecule has 1 unspecified atom stereocenters. The van der Waals surface area contributed by atoms with Crippen molar-refractivity contribution in [2.45, 2.75) is 39.3 Å². The van der Waals surface area contributed by atoms with E-state index < -0.39 is 0 Å². The first-order chi connectivity index (χ1) is 12.6. The van der Waals surface area contributed by atoms with E-state index in [4.69, 9.17) is 15.2 Å². The molecule has 0 amide bonds. The zero-order valence-electron chi connectivity index (χ0n) is 15.9. The summed E-state index contributed by atoms with van der Waals surface area (Å²) >= 11 is 0. The molecule has 1 aliphatic heterocycles. The number of hydrogen-bond acceptors (Lipinski definition) is 3. The Labute approximate surface area is 178 Å². The van der Waals surface area contributed by atoms with Gasteiger partial charge >= 0.3 is 0 Å². The minimum absolute atomic E-state index is 0. The van der Waals surface area contributed by atoms with Crippen LogP contribution in [0.3, 0.4) is 0 Å². The van der Waals surface area contributed by atoms with E-state index in [1.807, 2.05) is 36.4 Å². The van der Waals surface area contributed by atoms with Gasteiger partial charge in [0.05, 0.1) is 12.6 Å². The van der Waals surface area contributed by atoms with Crippen molar-refractivity contribution in [1.82, 2.24) is 0 Å². The van der Waals surface area contributed by atoms with Gasteiger partial charge in [0, 0.05) is 17.9 Å². The van der Waals surface area contributed by atoms with Crippen molar-refractivity contribution in [2.75, 3.05) is 18.5 Å². The van der Waals surface area contributed by atoms with E-state index in [-0.39, 0.29) is 30.1 Å². The lowest BCUT2D eigenvalue weighted by atomic mass is 10.1. The standard InChI is InChI=1S/C21H27N3O2.HI/c1-15-6-9-18(10-7-15)24-21(22)23-13-17-8-5-16(2)12-20(17)26-14-19-4-3-11-25-19;/h5-10,12,19H,3-4,11,13-14H2,1-2H3,(H3,22,23,24);1H. The van der Waals surface area contributed by atoms with E-state index in [1.165, 1.54) is 5.56 Å². The second kappa shape index (κ2) is 10.5. The molecule has 0 saturated carbocycles. The molecule has 1 aliphatic rings. The van der Waals surface area contributed by atoms with Crippen molar-refractivity contribution in [2.24, 2.45) is 10.7 Å². The van der Waals surface area contributed by atoms with Crippen molar-refractivity contribution < 1.29 is 9.47 Å². The topological polar surface area (TPSA) is 68.9 Å². The highest BCUT2D eigenvalue weighted by atomic mass is 127. The summed E-state index contributed by atoms with van der Waals surface area (Å²) in [6.45, 7) is 5.99. The van der Waals surface area contributed by atoms with Crippen LogP contribution in [-0.2, 0) is 11.3 Å². The van der Waals surface area contributed by atoms with Gasteiger partial charge < -0.3 is 20.5 Å². The molecular weight excluding hydrogens is 453 g/mol. The molecule has 1 saturated heterocycles. The molecule has 1 atom stereocenters. The zero-order valence-corrected chi connectivity index (χ0v) is 18.2. The first kappa shape index (κ1) is 21.5. The second-order valence-corrected chi connectivity index (χ2v) is 6.75. The maximum Gasteiger partial charge on any atom is 0.193 e. The number of guanidine groups is 1. The summed E-state index contributed by atoms with van der Waals surface area (Å²) in [5, 5.41) is 3.11. The van der Waals surface area contributed by atoms with Crippen molar-refractivity contribution in [1.29, 1.82) is 0 Å². The Balaban J connectivity index is 0.00000261. The summed E-state index contributed by atoms with van der Waals surface area (Å²) < 4.78 is 11.6. The molecule has 6 heteroatoms. The average Bonchev–Trinajstić information content (AvgIpc) is 3.14. The molecule has 146 valence electrons. The lowest BCUT2D eigenvalue weighted by molar-refractivity contribution is 0.0676. The molecule has 0 bridgehead atoms. The molecule has 0 radical (unpaired) electrons. The SMILES string of the molecule is Cc1ccc(NC(N)=NCc2ccc(C)cc2OCC2CCCO2)cc1.I. The number of rotatable bonds is 6. The number of halogens is 1. The van der Waals surface area contributed by atoms with Gasteiger partial charge in [0.2, 0.25) is 0 Å². The fraction of sp³-hybridized carbons (Fsp3) is 0.381. The number of hydrogen-bond donors (Lipinski definition) is 2. The van der Waals surface area contributed by atoms with Crippen molar-refractivity contribution in [3.63, 3.8) is 0 Å². The number of aryl methyl sites for hydroxylation is 2. The predicted octanol–water partition coefficient (Wildman–Crippen LogP) is 4.41. The summed E-state index contributed by atoms with van der Waals surface area (Å²) in [6, 6.07) is 14.2. The van der Waals surface area contributed by atoms with Gasteiger partial charge in [-0.15, -0.1) is 24.0 Å². The number of anilines is 1. The molecule has 0 aromatic heterocycles. The average molecular weight is 481 g/mol. The number of nitrogens with two attached hydrogens (primary N) is 1. The third-order valence-electron chi connectivity index (χ3n) is 4.42. The van der Waals surface area contributed by atoms with E-state index >= 15 is 0 Å². The second-order valence-electron chi connectivity index (χ2n) is 6.75. The first-order valence-electron chi connectivity index (χ1n) is 9.08. The number of benzene rings is 2. The third-order valence-corrected chi connectivity index (χ3v) is 4.42. The summed E-state index contributed by atoms with van der Waals surface area (Å²) in [6.07, 6.45) is 2.37. The summed E-state index contributed by atoms with van der Waals surface area (Å²) in [7, 11) is 0. The van der Waals surface area contributed by atoms with E-state index in [0.717, 1.165) is 42.0 Å². The zero-order chi connectivity index (χ0) is 18.4. The Morgan fingerprint density at radius 1 is 1.19 bits per heavy atom. The van der Waals surface area contributed by atoms with Crippen LogP contribution in [0, 0.1) is 13.8 Å². The first-order valence-corrected chi connectivity index (χ1v) is 9.08. The maximum atomic E-state index is 6.02. The van der Waals surface area contributed by atoms with Crippen LogP contribution in [0.15, 0.2) is 47.5 Å². The Morgan fingerprint density at radius 3 is 2.63 bits per heavy atom. The van der Waals surface area contributed by atoms with E-state index in [1.54, 1.807) is 0 Å². The van der Waals surface area contributed by atoms with Gasteiger partial charge in [0.25, 0.3) is 0 Å². The highest BCUT2D eigenvalue weighted by molar-refractivity contribution is 14.0. The minimum atomic E-state index is 0. The Morgan fingerprint density at radius 2 is 1.93 bits per heavy atom. The molecule has 1 fully saturated rings. The molecule has 3 rings (SSSR count). The van der Waals surface area contributed by atoms with Crippen LogP contribution < -0.4 is 15.8 Å². The summed E-state index contributed by atoms with van der Waals surface area (Å²) in [5.74, 6) is 1.24. The highest BCUT2D eigenvalue weighted by Crippen LogP contribution is 2.23. The number of ether oxygens (including phenoxy) is 2. The van der Waals surface area contributed by atoms with Crippen LogP contribution >= 0.6 is 24.0 Å². The van der Waals surface area contributed by atoms with Gasteiger partial charge in [-0.1, -0.05) is 29.8 Å². The lowest BCUT2D eigenvalue weighted by Gasteiger charge is -2.15. The van der Waals surface area contributed by atoms with Crippen molar-refractivity contribution in [3.05, 3.63) is 59.2 Å². The van der Waals surface area contributed by atoms with Gasteiger partial charge in [-0.3, -0.25) is 0 Å². The van der Waals surface area contributed by atoms with Crippen LogP contribution in [0.1, 0.15) is 29.5 Å². The molecule has 0 spiro atoms. The molecular formula is C21H28IN3O2. The van der Waals surface area contributed by atoms with Crippen LogP contribution in [0.25, 0.3) is 0 Å². The maximum absolute atomic E-state index is 6.02. The molecule has 2 aromatic carbocycles. The van der Waals surface area contributed by atoms with Gasteiger partial charge in [0.15, 0.2) is 5.96 Å². The van der Waals surface area contributed by atoms with Gasteiger partial charge in [0.1, 0.15) is 12.4 Å². The van der Waals surface area contributed by atoms with Crippen molar-refractivity contribution >= 4 is 35.6 Å². The van der Waals surface area contributed by atoms with E-state index in [2.05, 4.69) is 30.2 Å². The monoisotopic (exact) mass is 481 g/mol. The van der Waals surface area contributed by atoms with E-state index in [9.17, 15) is 0 Å². The molecule has 1 heterocycles. The molecule has 2 aromatic rings. The number of aliphatic imine (C=N–C) groups is 1. The molecule has 27 heavy (non-hydrogen) atoms. The summed E-state index contributed by atoms with van der Waals surface area (Å²) in [5.41, 5.74) is 10.3. The third kappa shape index (κ3) is 6.70. The van der Waals surface area contributed by atoms with Crippen LogP contribution in [0.4, 0.5) is 5.69 Å². The Kier molecular flexibility index (Phi) is 8.37. The van der Waals surface area contributed by atoms with Gasteiger partial charge in [-0.2, -0.15) is 0 Å². The smallest absolute Gasteiger partial charge is 0.193 e. The van der Waals surface area contributed by atoms with Crippen LogP contribution in [-0.4, -0.2) is 25.3 Å². The molecule has 5 nitrogen and oxygen atoms in total. The van der Waals surface area contributed by atoms with Crippen molar-refractivity contribution in [3.8, 4) is 5.75 Å². The number of nitrogens with one attached hydrogen (secondary N) is 1. The lowest BCUT2D eigenvalue weighted by Crippen LogP contribution is -2.22. The van der Waals surface area contributed by atoms with E-state index in [0.29, 0.717) is 19.1 Å². The molecule has 3 N–H and O–H groups in total. The van der Waals surface area contributed by atoms with Crippen LogP contribution in [0.2, 0.25) is 0 Å². The quantitative estimate of drug-likeness (QED) is 0.365. The predicted molar refractivity (Wildman–Crippen MR) is 121 cm³/mol. The van der Waals surface area contributed by atoms with Crippen LogP contribution in [0.5, 0.6) is 5.75 Å². The Bertz CT molecular complexity index is 757. The number of nitrogens with zero attached hydrogens (tertiary/aromatic N) is 1.